The summed E-state index contributed by atoms with van der Waals surface area (Å²) in [7, 11) is 1.85. The molecule has 0 radical (unpaired) electrons. The van der Waals surface area contributed by atoms with Gasteiger partial charge in [0, 0.05) is 17.6 Å². The minimum absolute atomic E-state index is 0.0923. The van der Waals surface area contributed by atoms with Gasteiger partial charge in [-0.2, -0.15) is 4.99 Å². The largest absolute Gasteiger partial charge is 0.573 e. The number of carbonyl (C=O) groups excluding carboxylic acids is 1. The van der Waals surface area contributed by atoms with Crippen LogP contribution in [0.4, 0.5) is 18.9 Å². The normalized spacial score (nSPS) is 15.2. The number of amidine groups is 1. The maximum absolute atomic E-state index is 12.9. The predicted molar refractivity (Wildman–Crippen MR) is 178 cm³/mol. The molecule has 3 aromatic carbocycles. The molecule has 240 valence electrons. The molecule has 1 N–H and O–H groups in total. The minimum atomic E-state index is -4.76. The number of nitrogens with one attached hydrogen (secondary N) is 1. The highest BCUT2D eigenvalue weighted by Crippen LogP contribution is 2.35. The van der Waals surface area contributed by atoms with E-state index in [0.29, 0.717) is 27.4 Å². The molecule has 2 heterocycles. The summed E-state index contributed by atoms with van der Waals surface area (Å²) in [5, 5.41) is 7.49. The summed E-state index contributed by atoms with van der Waals surface area (Å²) >= 11 is 13.2. The Morgan fingerprint density at radius 1 is 1.11 bits per heavy atom. The first-order valence-electron chi connectivity index (χ1n) is 14.0. The second kappa shape index (κ2) is 13.8. The predicted octanol–water partition coefficient (Wildman–Crippen LogP) is 7.53. The molecule has 15 heteroatoms. The number of benzene rings is 3. The highest BCUT2D eigenvalue weighted by molar-refractivity contribution is 8.15. The number of anilines is 1. The number of hydrogen-bond acceptors (Lipinski definition) is 7. The molecule has 0 aliphatic carbocycles. The Kier molecular flexibility index (Phi) is 10.0. The summed E-state index contributed by atoms with van der Waals surface area (Å²) in [6.45, 7) is 6.11. The Hall–Kier alpha value is -3.98. The van der Waals surface area contributed by atoms with Gasteiger partial charge in [0.15, 0.2) is 11.0 Å². The maximum Gasteiger partial charge on any atom is 0.573 e. The lowest BCUT2D eigenvalue weighted by atomic mass is 10.0. The first-order chi connectivity index (χ1) is 21.8. The zero-order valence-corrected chi connectivity index (χ0v) is 27.5. The molecule has 1 aliphatic rings. The van der Waals surface area contributed by atoms with Gasteiger partial charge in [-0.25, -0.2) is 14.7 Å². The first-order valence-corrected chi connectivity index (χ1v) is 15.8. The number of alkyl halides is 3. The van der Waals surface area contributed by atoms with Crippen LogP contribution in [-0.2, 0) is 4.79 Å². The molecule has 0 spiro atoms. The second-order valence-corrected chi connectivity index (χ2v) is 12.4. The Bertz CT molecular complexity index is 1760. The number of hydrazine groups is 1. The molecule has 5 rings (SSSR count). The van der Waals surface area contributed by atoms with Gasteiger partial charge in [0.25, 0.3) is 0 Å². The van der Waals surface area contributed by atoms with Gasteiger partial charge in [-0.1, -0.05) is 67.5 Å². The number of thioether (sulfide) groups is 1. The Morgan fingerprint density at radius 3 is 2.46 bits per heavy atom. The van der Waals surface area contributed by atoms with Gasteiger partial charge < -0.3 is 4.74 Å². The van der Waals surface area contributed by atoms with Gasteiger partial charge in [0.05, 0.1) is 23.2 Å². The fourth-order valence-electron chi connectivity index (χ4n) is 4.69. The lowest BCUT2D eigenvalue weighted by Crippen LogP contribution is -2.40. The number of amides is 1. The van der Waals surface area contributed by atoms with Crippen LogP contribution < -0.4 is 15.1 Å². The van der Waals surface area contributed by atoms with Crippen LogP contribution in [0.2, 0.25) is 5.02 Å². The monoisotopic (exact) mass is 687 g/mol. The van der Waals surface area contributed by atoms with E-state index >= 15 is 0 Å². The molecule has 1 saturated heterocycles. The molecule has 1 aromatic heterocycles. The smallest absolute Gasteiger partial charge is 0.406 e. The van der Waals surface area contributed by atoms with E-state index in [1.807, 2.05) is 55.4 Å². The third-order valence-electron chi connectivity index (χ3n) is 7.15. The van der Waals surface area contributed by atoms with Gasteiger partial charge >= 0.3 is 6.36 Å². The molecular weight excluding hydrogens is 659 g/mol. The number of aromatic nitrogens is 3. The van der Waals surface area contributed by atoms with E-state index < -0.39 is 6.36 Å². The molecule has 0 saturated carbocycles. The number of halogens is 4. The molecule has 1 amide bonds. The van der Waals surface area contributed by atoms with E-state index in [4.69, 9.17) is 23.8 Å². The van der Waals surface area contributed by atoms with Crippen molar-refractivity contribution in [2.75, 3.05) is 17.7 Å². The SMILES string of the molecule is CC(C)c1ccc(Cl)cc1N1C(=O)CSC1=NC(=S)NN(C)C(C)c1ccc(-c2ncn(-c3ccc(OC(F)(F)F)cc3)n2)cc1. The van der Waals surface area contributed by atoms with Gasteiger partial charge in [-0.05, 0) is 72.6 Å². The lowest BCUT2D eigenvalue weighted by molar-refractivity contribution is -0.274. The highest BCUT2D eigenvalue weighted by atomic mass is 35.5. The number of thiocarbonyl (C=S) groups is 1. The maximum atomic E-state index is 12.9. The van der Waals surface area contributed by atoms with Crippen LogP contribution in [0.1, 0.15) is 43.9 Å². The van der Waals surface area contributed by atoms with Crippen molar-refractivity contribution in [2.24, 2.45) is 4.99 Å². The Labute approximate surface area is 278 Å². The van der Waals surface area contributed by atoms with Crippen molar-refractivity contribution in [1.82, 2.24) is 25.2 Å². The van der Waals surface area contributed by atoms with Crippen LogP contribution in [0.25, 0.3) is 17.1 Å². The van der Waals surface area contributed by atoms with E-state index in [9.17, 15) is 18.0 Å². The van der Waals surface area contributed by atoms with E-state index in [-0.39, 0.29) is 34.5 Å². The van der Waals surface area contributed by atoms with E-state index in [1.54, 1.807) is 11.0 Å². The highest BCUT2D eigenvalue weighted by Gasteiger charge is 2.33. The number of carbonyl (C=O) groups is 1. The summed E-state index contributed by atoms with van der Waals surface area (Å²) in [6, 6.07) is 18.4. The first kappa shape index (κ1) is 33.4. The third-order valence-corrected chi connectivity index (χ3v) is 8.49. The zero-order chi connectivity index (χ0) is 33.2. The molecule has 0 bridgehead atoms. The van der Waals surface area contributed by atoms with Crippen molar-refractivity contribution < 1.29 is 22.7 Å². The third kappa shape index (κ3) is 7.86. The number of rotatable bonds is 8. The Morgan fingerprint density at radius 2 is 1.80 bits per heavy atom. The van der Waals surface area contributed by atoms with E-state index in [1.165, 1.54) is 47.0 Å². The quantitative estimate of drug-likeness (QED) is 0.150. The number of hydrogen-bond donors (Lipinski definition) is 1. The number of nitrogens with zero attached hydrogens (tertiary/aromatic N) is 6. The summed E-state index contributed by atoms with van der Waals surface area (Å²) in [5.74, 6) is 0.461. The average molecular weight is 688 g/mol. The fraction of sp³-hybridized carbons (Fsp3) is 0.258. The van der Waals surface area contributed by atoms with Crippen LogP contribution in [0.3, 0.4) is 0 Å². The van der Waals surface area contributed by atoms with Crippen LogP contribution in [0.15, 0.2) is 78.0 Å². The molecule has 1 fully saturated rings. The van der Waals surface area contributed by atoms with E-state index in [2.05, 4.69) is 39.1 Å². The van der Waals surface area contributed by atoms with Gasteiger partial charge in [-0.15, -0.1) is 18.3 Å². The summed E-state index contributed by atoms with van der Waals surface area (Å²) in [6.07, 6.45) is -3.27. The lowest BCUT2D eigenvalue weighted by Gasteiger charge is -2.26. The van der Waals surface area contributed by atoms with Crippen molar-refractivity contribution in [2.45, 2.75) is 39.1 Å². The van der Waals surface area contributed by atoms with Gasteiger partial charge in [0.1, 0.15) is 12.1 Å². The summed E-state index contributed by atoms with van der Waals surface area (Å²) in [4.78, 5) is 23.4. The van der Waals surface area contributed by atoms with Crippen molar-refractivity contribution in [3.05, 3.63) is 89.2 Å². The number of aliphatic imine (C=N–C) groups is 1. The Balaban J connectivity index is 1.24. The second-order valence-electron chi connectivity index (χ2n) is 10.7. The molecule has 46 heavy (non-hydrogen) atoms. The molecule has 1 atom stereocenters. The van der Waals surface area contributed by atoms with Crippen molar-refractivity contribution in [3.8, 4) is 22.8 Å². The number of ether oxygens (including phenoxy) is 1. The molecular formula is C31H29ClF3N7O2S2. The van der Waals surface area contributed by atoms with Gasteiger partial charge in [0.2, 0.25) is 11.0 Å². The van der Waals surface area contributed by atoms with Crippen molar-refractivity contribution in [3.63, 3.8) is 0 Å². The van der Waals surface area contributed by atoms with Crippen molar-refractivity contribution >= 4 is 57.5 Å². The van der Waals surface area contributed by atoms with E-state index in [0.717, 1.165) is 16.7 Å². The standard InChI is InChI=1S/C31H29ClF3N7O2S2/c1-18(2)25-14-9-22(32)15-26(25)42-27(43)16-46-30(42)37-29(45)39-40(4)19(3)20-5-7-21(8-6-20)28-36-17-41(38-28)23-10-12-24(13-11-23)44-31(33,34)35/h5-15,17-19H,16H2,1-4H3,(H,39,45). The zero-order valence-electron chi connectivity index (χ0n) is 25.1. The molecule has 9 nitrogen and oxygen atoms in total. The summed E-state index contributed by atoms with van der Waals surface area (Å²) < 4.78 is 42.7. The topological polar surface area (TPSA) is 87.9 Å². The van der Waals surface area contributed by atoms with Crippen molar-refractivity contribution in [1.29, 1.82) is 0 Å². The summed E-state index contributed by atoms with van der Waals surface area (Å²) in [5.41, 5.74) is 7.07. The molecule has 4 aromatic rings. The fourth-order valence-corrected chi connectivity index (χ4v) is 6.02. The van der Waals surface area contributed by atoms with Crippen LogP contribution in [0.5, 0.6) is 5.75 Å². The minimum Gasteiger partial charge on any atom is -0.406 e. The average Bonchev–Trinajstić information content (AvgIpc) is 3.63. The van der Waals surface area contributed by atoms with Crippen LogP contribution >= 0.6 is 35.6 Å². The molecule has 1 aliphatic heterocycles. The van der Waals surface area contributed by atoms with Crippen LogP contribution in [0, 0.1) is 0 Å². The van der Waals surface area contributed by atoms with Crippen LogP contribution in [-0.4, -0.2) is 55.1 Å². The van der Waals surface area contributed by atoms with Gasteiger partial charge in [-0.3, -0.25) is 15.1 Å². The molecule has 1 unspecified atom stereocenters.